The fraction of sp³-hybridized carbons (Fsp3) is 0.400. The SMILES string of the molecule is C[C@@H](CCCc1cc(C#C[Si](C)(C)C)cc(C(F)(F)F)c1)NC(=O)OCc1ccccc1. The number of carbonyl (C=O) groups excluding carboxylic acids is 1. The van der Waals surface area contributed by atoms with Gasteiger partial charge in [0.15, 0.2) is 0 Å². The average molecular weight is 462 g/mol. The molecule has 0 saturated heterocycles. The quantitative estimate of drug-likeness (QED) is 0.374. The third kappa shape index (κ3) is 9.61. The Labute approximate surface area is 189 Å². The van der Waals surface area contributed by atoms with Crippen molar-refractivity contribution in [1.82, 2.24) is 5.32 Å². The van der Waals surface area contributed by atoms with Crippen LogP contribution in [0.5, 0.6) is 0 Å². The molecule has 7 heteroatoms. The number of amides is 1. The summed E-state index contributed by atoms with van der Waals surface area (Å²) in [5.41, 5.74) is 4.34. The first-order chi connectivity index (χ1) is 14.9. The van der Waals surface area contributed by atoms with E-state index in [4.69, 9.17) is 4.74 Å². The highest BCUT2D eigenvalue weighted by Crippen LogP contribution is 2.31. The Morgan fingerprint density at radius 2 is 1.78 bits per heavy atom. The van der Waals surface area contributed by atoms with Crippen molar-refractivity contribution < 1.29 is 22.7 Å². The Bertz CT molecular complexity index is 957. The van der Waals surface area contributed by atoms with E-state index < -0.39 is 25.9 Å². The largest absolute Gasteiger partial charge is 0.445 e. The van der Waals surface area contributed by atoms with E-state index in [1.165, 1.54) is 6.07 Å². The van der Waals surface area contributed by atoms with Crippen molar-refractivity contribution in [2.24, 2.45) is 0 Å². The van der Waals surface area contributed by atoms with Gasteiger partial charge in [-0.3, -0.25) is 0 Å². The van der Waals surface area contributed by atoms with E-state index >= 15 is 0 Å². The van der Waals surface area contributed by atoms with E-state index in [0.29, 0.717) is 30.4 Å². The summed E-state index contributed by atoms with van der Waals surface area (Å²) in [5.74, 6) is 2.93. The number of ether oxygens (including phenoxy) is 1. The molecule has 0 fully saturated rings. The summed E-state index contributed by atoms with van der Waals surface area (Å²) >= 11 is 0. The molecule has 0 heterocycles. The molecule has 172 valence electrons. The number of nitrogens with one attached hydrogen (secondary N) is 1. The number of hydrogen-bond donors (Lipinski definition) is 1. The van der Waals surface area contributed by atoms with Crippen LogP contribution in [0.4, 0.5) is 18.0 Å². The standard InChI is InChI=1S/C25H30F3NO2Si/c1-19(29-24(30)31-18-20-10-6-5-7-11-20)9-8-12-21-15-22(13-14-32(2,3)4)17-23(16-21)25(26,27)28/h5-7,10-11,15-17,19H,8-9,12,18H2,1-4H3,(H,29,30)/t19-/m0/s1. The van der Waals surface area contributed by atoms with Gasteiger partial charge in [-0.1, -0.05) is 55.9 Å². The predicted molar refractivity (Wildman–Crippen MR) is 124 cm³/mol. The maximum absolute atomic E-state index is 13.3. The van der Waals surface area contributed by atoms with E-state index in [9.17, 15) is 18.0 Å². The molecule has 1 atom stereocenters. The number of benzene rings is 2. The van der Waals surface area contributed by atoms with Gasteiger partial charge in [0.25, 0.3) is 0 Å². The number of alkyl carbamates (subject to hydrolysis) is 1. The van der Waals surface area contributed by atoms with Gasteiger partial charge in [0.1, 0.15) is 14.7 Å². The molecular weight excluding hydrogens is 431 g/mol. The number of aryl methyl sites for hydroxylation is 1. The van der Waals surface area contributed by atoms with Crippen LogP contribution in [0.15, 0.2) is 48.5 Å². The zero-order valence-corrected chi connectivity index (χ0v) is 20.0. The minimum Gasteiger partial charge on any atom is -0.445 e. The van der Waals surface area contributed by atoms with Crippen LogP contribution in [0.25, 0.3) is 0 Å². The van der Waals surface area contributed by atoms with Crippen molar-refractivity contribution in [3.63, 3.8) is 0 Å². The molecular formula is C25H30F3NO2Si. The lowest BCUT2D eigenvalue weighted by Crippen LogP contribution is -2.33. The Hall–Kier alpha value is -2.72. The van der Waals surface area contributed by atoms with Crippen LogP contribution in [0.2, 0.25) is 19.6 Å². The van der Waals surface area contributed by atoms with Crippen LogP contribution >= 0.6 is 0 Å². The van der Waals surface area contributed by atoms with Gasteiger partial charge in [0.2, 0.25) is 0 Å². The highest BCUT2D eigenvalue weighted by Gasteiger charge is 2.31. The fourth-order valence-electron chi connectivity index (χ4n) is 2.98. The van der Waals surface area contributed by atoms with Crippen molar-refractivity contribution >= 4 is 14.2 Å². The van der Waals surface area contributed by atoms with Crippen molar-refractivity contribution in [2.75, 3.05) is 0 Å². The molecule has 0 unspecified atom stereocenters. The van der Waals surface area contributed by atoms with Crippen molar-refractivity contribution in [3.05, 3.63) is 70.8 Å². The monoisotopic (exact) mass is 461 g/mol. The van der Waals surface area contributed by atoms with E-state index in [1.807, 2.05) is 56.9 Å². The Morgan fingerprint density at radius 1 is 1.09 bits per heavy atom. The Kier molecular flexibility index (Phi) is 8.96. The molecule has 2 aromatic rings. The molecule has 0 radical (unpaired) electrons. The molecule has 1 amide bonds. The van der Waals surface area contributed by atoms with Gasteiger partial charge in [-0.05, 0) is 55.5 Å². The molecule has 2 aromatic carbocycles. The Morgan fingerprint density at radius 3 is 2.41 bits per heavy atom. The molecule has 0 saturated carbocycles. The minimum absolute atomic E-state index is 0.157. The van der Waals surface area contributed by atoms with Gasteiger partial charge in [0, 0.05) is 11.6 Å². The van der Waals surface area contributed by atoms with Crippen LogP contribution in [-0.2, 0) is 23.9 Å². The lowest BCUT2D eigenvalue weighted by atomic mass is 10.00. The average Bonchev–Trinajstić information content (AvgIpc) is 2.70. The summed E-state index contributed by atoms with van der Waals surface area (Å²) in [6.45, 7) is 8.18. The second-order valence-corrected chi connectivity index (χ2v) is 13.7. The summed E-state index contributed by atoms with van der Waals surface area (Å²) in [5, 5.41) is 2.76. The first-order valence-electron chi connectivity index (χ1n) is 10.6. The van der Waals surface area contributed by atoms with Gasteiger partial charge in [-0.15, -0.1) is 5.54 Å². The number of alkyl halides is 3. The smallest absolute Gasteiger partial charge is 0.416 e. The third-order valence-electron chi connectivity index (χ3n) is 4.58. The molecule has 32 heavy (non-hydrogen) atoms. The molecule has 0 bridgehead atoms. The van der Waals surface area contributed by atoms with E-state index in [0.717, 1.165) is 11.6 Å². The first-order valence-corrected chi connectivity index (χ1v) is 14.1. The van der Waals surface area contributed by atoms with Gasteiger partial charge >= 0.3 is 12.3 Å². The van der Waals surface area contributed by atoms with Crippen molar-refractivity contribution in [2.45, 2.75) is 64.7 Å². The summed E-state index contributed by atoms with van der Waals surface area (Å²) in [6.07, 6.45) is -3.21. The van der Waals surface area contributed by atoms with Crippen molar-refractivity contribution in [3.8, 4) is 11.5 Å². The van der Waals surface area contributed by atoms with Crippen LogP contribution in [-0.4, -0.2) is 20.2 Å². The second kappa shape index (κ2) is 11.2. The Balaban J connectivity index is 1.91. The van der Waals surface area contributed by atoms with Crippen LogP contribution < -0.4 is 5.32 Å². The zero-order valence-electron chi connectivity index (χ0n) is 19.0. The maximum atomic E-state index is 13.3. The number of hydrogen-bond acceptors (Lipinski definition) is 2. The van der Waals surface area contributed by atoms with Gasteiger partial charge < -0.3 is 10.1 Å². The maximum Gasteiger partial charge on any atom is 0.416 e. The summed E-state index contributed by atoms with van der Waals surface area (Å²) in [7, 11) is -1.70. The van der Waals surface area contributed by atoms with Crippen LogP contribution in [0, 0.1) is 11.5 Å². The fourth-order valence-corrected chi connectivity index (χ4v) is 3.50. The molecule has 0 spiro atoms. The number of rotatable bonds is 7. The molecule has 0 aliphatic heterocycles. The third-order valence-corrected chi connectivity index (χ3v) is 5.46. The topological polar surface area (TPSA) is 38.3 Å². The second-order valence-electron chi connectivity index (χ2n) is 8.92. The van der Waals surface area contributed by atoms with Gasteiger partial charge in [-0.25, -0.2) is 4.79 Å². The normalized spacial score (nSPS) is 12.5. The lowest BCUT2D eigenvalue weighted by molar-refractivity contribution is -0.137. The molecule has 1 N–H and O–H groups in total. The highest BCUT2D eigenvalue weighted by molar-refractivity contribution is 6.83. The van der Waals surface area contributed by atoms with Crippen LogP contribution in [0.1, 0.15) is 42.0 Å². The van der Waals surface area contributed by atoms with Crippen LogP contribution in [0.3, 0.4) is 0 Å². The van der Waals surface area contributed by atoms with Gasteiger partial charge in [-0.2, -0.15) is 13.2 Å². The predicted octanol–water partition coefficient (Wildman–Crippen LogP) is 6.57. The molecule has 3 nitrogen and oxygen atoms in total. The molecule has 2 rings (SSSR count). The lowest BCUT2D eigenvalue weighted by Gasteiger charge is -2.15. The first kappa shape index (κ1) is 25.5. The molecule has 0 aliphatic carbocycles. The van der Waals surface area contributed by atoms with E-state index in [2.05, 4.69) is 16.8 Å². The van der Waals surface area contributed by atoms with Gasteiger partial charge in [0.05, 0.1) is 5.56 Å². The number of carbonyl (C=O) groups is 1. The van der Waals surface area contributed by atoms with E-state index in [1.54, 1.807) is 6.07 Å². The van der Waals surface area contributed by atoms with Crippen molar-refractivity contribution in [1.29, 1.82) is 0 Å². The summed E-state index contributed by atoms with van der Waals surface area (Å²) in [6, 6.07) is 13.2. The summed E-state index contributed by atoms with van der Waals surface area (Å²) < 4.78 is 45.1. The highest BCUT2D eigenvalue weighted by atomic mass is 28.3. The number of halogens is 3. The zero-order chi connectivity index (χ0) is 23.8. The van der Waals surface area contributed by atoms with E-state index in [-0.39, 0.29) is 12.6 Å². The minimum atomic E-state index is -4.41. The summed E-state index contributed by atoms with van der Waals surface area (Å²) in [4.78, 5) is 11.9. The molecule has 0 aliphatic rings. The molecule has 0 aromatic heterocycles.